The molecular weight excluding hydrogens is 302 g/mol. The Kier molecular flexibility index (Phi) is 4.43. The molecule has 0 saturated carbocycles. The Morgan fingerprint density at radius 3 is 2.86 bits per heavy atom. The maximum absolute atomic E-state index is 12.3. The van der Waals surface area contributed by atoms with Crippen molar-refractivity contribution < 1.29 is 9.32 Å². The Labute approximate surface area is 134 Å². The number of piperidine rings is 1. The van der Waals surface area contributed by atoms with Gasteiger partial charge in [-0.25, -0.2) is 0 Å². The zero-order valence-corrected chi connectivity index (χ0v) is 13.2. The van der Waals surface area contributed by atoms with Gasteiger partial charge in [0.1, 0.15) is 11.4 Å². The van der Waals surface area contributed by atoms with Gasteiger partial charge in [-0.2, -0.15) is 4.98 Å². The lowest BCUT2D eigenvalue weighted by molar-refractivity contribution is -0.135. The second-order valence-corrected chi connectivity index (χ2v) is 6.14. The number of likely N-dealkylation sites (tertiary alicyclic amines) is 1. The van der Waals surface area contributed by atoms with Crippen molar-refractivity contribution in [3.8, 4) is 11.4 Å². The molecular formula is C16H18ClN3O2. The lowest BCUT2D eigenvalue weighted by atomic mass is 10.0. The van der Waals surface area contributed by atoms with E-state index in [-0.39, 0.29) is 11.9 Å². The van der Waals surface area contributed by atoms with E-state index in [1.807, 2.05) is 30.3 Å². The minimum Gasteiger partial charge on any atom is -0.337 e. The molecule has 22 heavy (non-hydrogen) atoms. The van der Waals surface area contributed by atoms with E-state index in [4.69, 9.17) is 16.1 Å². The predicted molar refractivity (Wildman–Crippen MR) is 83.4 cm³/mol. The fraction of sp³-hybridized carbons (Fsp3) is 0.438. The van der Waals surface area contributed by atoms with Gasteiger partial charge in [0.2, 0.25) is 17.6 Å². The molecule has 1 fully saturated rings. The number of halogens is 1. The summed E-state index contributed by atoms with van der Waals surface area (Å²) in [5.41, 5.74) is 0.900. The maximum atomic E-state index is 12.3. The van der Waals surface area contributed by atoms with Gasteiger partial charge in [0.25, 0.3) is 0 Å². The van der Waals surface area contributed by atoms with Crippen molar-refractivity contribution in [2.75, 3.05) is 6.54 Å². The topological polar surface area (TPSA) is 59.2 Å². The van der Waals surface area contributed by atoms with Gasteiger partial charge in [0.05, 0.1) is 0 Å². The van der Waals surface area contributed by atoms with Crippen molar-refractivity contribution in [1.82, 2.24) is 15.0 Å². The third-order valence-electron chi connectivity index (χ3n) is 3.88. The number of benzene rings is 1. The molecule has 2 aromatic rings. The Morgan fingerprint density at radius 2 is 2.14 bits per heavy atom. The number of rotatable bonds is 3. The van der Waals surface area contributed by atoms with E-state index in [0.717, 1.165) is 24.8 Å². The van der Waals surface area contributed by atoms with E-state index in [2.05, 4.69) is 10.1 Å². The molecule has 0 spiro atoms. The minimum absolute atomic E-state index is 0.0779. The number of alkyl halides is 1. The average molecular weight is 320 g/mol. The monoisotopic (exact) mass is 319 g/mol. The fourth-order valence-electron chi connectivity index (χ4n) is 2.76. The predicted octanol–water partition coefficient (Wildman–Crippen LogP) is 3.42. The zero-order valence-electron chi connectivity index (χ0n) is 12.4. The largest absolute Gasteiger partial charge is 0.337 e. The molecule has 1 aromatic heterocycles. The van der Waals surface area contributed by atoms with Gasteiger partial charge in [0, 0.05) is 12.1 Å². The first-order valence-corrected chi connectivity index (χ1v) is 7.94. The lowest BCUT2D eigenvalue weighted by Gasteiger charge is -2.34. The van der Waals surface area contributed by atoms with Crippen molar-refractivity contribution in [2.24, 2.45) is 0 Å². The molecule has 0 radical (unpaired) electrons. The summed E-state index contributed by atoms with van der Waals surface area (Å²) in [7, 11) is 0. The normalized spacial score (nSPS) is 19.9. The second-order valence-electron chi connectivity index (χ2n) is 5.48. The molecule has 0 N–H and O–H groups in total. The third kappa shape index (κ3) is 2.99. The highest BCUT2D eigenvalue weighted by Crippen LogP contribution is 2.32. The Morgan fingerprint density at radius 1 is 1.36 bits per heavy atom. The minimum atomic E-state index is -0.544. The van der Waals surface area contributed by atoms with Crippen LogP contribution in [0.5, 0.6) is 0 Å². The zero-order chi connectivity index (χ0) is 15.5. The highest BCUT2D eigenvalue weighted by atomic mass is 35.5. The van der Waals surface area contributed by atoms with Crippen LogP contribution in [0.25, 0.3) is 11.4 Å². The molecule has 1 aliphatic heterocycles. The number of amides is 1. The van der Waals surface area contributed by atoms with Crippen LogP contribution in [0.4, 0.5) is 0 Å². The van der Waals surface area contributed by atoms with E-state index in [9.17, 15) is 4.79 Å². The Hall–Kier alpha value is -1.88. The molecule has 0 bridgehead atoms. The summed E-state index contributed by atoms with van der Waals surface area (Å²) in [6, 6.07) is 9.48. The summed E-state index contributed by atoms with van der Waals surface area (Å²) >= 11 is 5.96. The van der Waals surface area contributed by atoms with Crippen LogP contribution >= 0.6 is 11.6 Å². The van der Waals surface area contributed by atoms with E-state index in [0.29, 0.717) is 18.3 Å². The number of carbonyl (C=O) groups is 1. The van der Waals surface area contributed by atoms with Crippen molar-refractivity contribution in [3.63, 3.8) is 0 Å². The molecule has 2 atom stereocenters. The number of carbonyl (C=O) groups excluding carboxylic acids is 1. The van der Waals surface area contributed by atoms with Crippen molar-refractivity contribution in [2.45, 2.75) is 37.6 Å². The maximum Gasteiger partial charge on any atom is 0.249 e. The molecule has 1 amide bonds. The molecule has 3 rings (SSSR count). The van der Waals surface area contributed by atoms with Crippen LogP contribution < -0.4 is 0 Å². The van der Waals surface area contributed by atoms with Crippen LogP contribution in [0.3, 0.4) is 0 Å². The summed E-state index contributed by atoms with van der Waals surface area (Å²) in [5, 5.41) is 3.50. The third-order valence-corrected chi connectivity index (χ3v) is 4.07. The number of hydrogen-bond donors (Lipinski definition) is 0. The van der Waals surface area contributed by atoms with Gasteiger partial charge in [0.15, 0.2) is 0 Å². The molecule has 116 valence electrons. The fourth-order valence-corrected chi connectivity index (χ4v) is 2.88. The van der Waals surface area contributed by atoms with Gasteiger partial charge >= 0.3 is 0 Å². The van der Waals surface area contributed by atoms with Crippen molar-refractivity contribution >= 4 is 17.5 Å². The first kappa shape index (κ1) is 15.0. The van der Waals surface area contributed by atoms with E-state index in [1.165, 1.54) is 0 Å². The first-order chi connectivity index (χ1) is 10.7. The van der Waals surface area contributed by atoms with E-state index in [1.54, 1.807) is 11.8 Å². The van der Waals surface area contributed by atoms with Crippen LogP contribution in [-0.2, 0) is 4.79 Å². The smallest absolute Gasteiger partial charge is 0.249 e. The van der Waals surface area contributed by atoms with Gasteiger partial charge in [-0.05, 0) is 26.2 Å². The van der Waals surface area contributed by atoms with Crippen LogP contribution in [0.15, 0.2) is 34.9 Å². The summed E-state index contributed by atoms with van der Waals surface area (Å²) in [5.74, 6) is 0.961. The van der Waals surface area contributed by atoms with Crippen LogP contribution in [0.2, 0.25) is 0 Å². The van der Waals surface area contributed by atoms with Crippen LogP contribution in [0, 0.1) is 0 Å². The molecule has 2 heterocycles. The lowest BCUT2D eigenvalue weighted by Crippen LogP contribution is -2.41. The molecule has 0 aliphatic carbocycles. The Bertz CT molecular complexity index is 642. The average Bonchev–Trinajstić information content (AvgIpc) is 3.05. The number of aromatic nitrogens is 2. The molecule has 6 heteroatoms. The Balaban J connectivity index is 1.86. The standard InChI is InChI=1S/C16H18ClN3O2/c1-11(17)16(21)20-10-6-5-9-13(20)15-18-14(19-22-15)12-7-3-2-4-8-12/h2-4,7-8,11,13H,5-6,9-10H2,1H3/t11-,13+/m0/s1. The molecule has 1 aliphatic rings. The summed E-state index contributed by atoms with van der Waals surface area (Å²) in [6.07, 6.45) is 2.84. The van der Waals surface area contributed by atoms with Gasteiger partial charge in [-0.1, -0.05) is 35.5 Å². The number of hydrogen-bond acceptors (Lipinski definition) is 4. The van der Waals surface area contributed by atoms with Crippen LogP contribution in [0.1, 0.15) is 38.1 Å². The van der Waals surface area contributed by atoms with Crippen LogP contribution in [-0.4, -0.2) is 32.9 Å². The highest BCUT2D eigenvalue weighted by molar-refractivity contribution is 6.30. The van der Waals surface area contributed by atoms with Crippen molar-refractivity contribution in [1.29, 1.82) is 0 Å². The van der Waals surface area contributed by atoms with Crippen molar-refractivity contribution in [3.05, 3.63) is 36.2 Å². The number of nitrogens with zero attached hydrogens (tertiary/aromatic N) is 3. The first-order valence-electron chi connectivity index (χ1n) is 7.50. The van der Waals surface area contributed by atoms with Gasteiger partial charge in [-0.3, -0.25) is 4.79 Å². The van der Waals surface area contributed by atoms with E-state index >= 15 is 0 Å². The molecule has 1 saturated heterocycles. The molecule has 1 aromatic carbocycles. The summed E-state index contributed by atoms with van der Waals surface area (Å²) in [4.78, 5) is 18.5. The summed E-state index contributed by atoms with van der Waals surface area (Å²) < 4.78 is 5.42. The highest BCUT2D eigenvalue weighted by Gasteiger charge is 2.33. The molecule has 5 nitrogen and oxygen atoms in total. The second kappa shape index (κ2) is 6.48. The van der Waals surface area contributed by atoms with Gasteiger partial charge < -0.3 is 9.42 Å². The molecule has 0 unspecified atom stereocenters. The SMILES string of the molecule is C[C@H](Cl)C(=O)N1CCCC[C@@H]1c1nc(-c2ccccc2)no1. The van der Waals surface area contributed by atoms with Gasteiger partial charge in [-0.15, -0.1) is 11.6 Å². The quantitative estimate of drug-likeness (QED) is 0.813. The summed E-state index contributed by atoms with van der Waals surface area (Å²) in [6.45, 7) is 2.38. The van der Waals surface area contributed by atoms with E-state index < -0.39 is 5.38 Å².